The normalized spacial score (nSPS) is 23.5. The van der Waals surface area contributed by atoms with Gasteiger partial charge in [-0.15, -0.1) is 0 Å². The second-order valence-electron chi connectivity index (χ2n) is 10.1. The molecular formula is C27H35NO7. The SMILES string of the molecule is COc1ccc([C@H]2C(C(=O)OC[C@H]3CCCO3)=C(C)NC3=C2C(=O)CC(C)(C)C3)c(OC)c1OC. The predicted molar refractivity (Wildman–Crippen MR) is 130 cm³/mol. The Kier molecular flexibility index (Phi) is 7.12. The maximum atomic E-state index is 13.6. The molecule has 4 rings (SSSR count). The number of carbonyl (C=O) groups is 2. The maximum absolute atomic E-state index is 13.6. The van der Waals surface area contributed by atoms with Crippen LogP contribution in [0.4, 0.5) is 0 Å². The van der Waals surface area contributed by atoms with E-state index < -0.39 is 11.9 Å². The van der Waals surface area contributed by atoms with Crippen LogP contribution in [0.3, 0.4) is 0 Å². The molecule has 0 amide bonds. The van der Waals surface area contributed by atoms with Gasteiger partial charge < -0.3 is 29.0 Å². The average molecular weight is 486 g/mol. The Balaban J connectivity index is 1.84. The second-order valence-corrected chi connectivity index (χ2v) is 10.1. The van der Waals surface area contributed by atoms with Crippen molar-refractivity contribution < 1.29 is 33.3 Å². The molecule has 1 fully saturated rings. The zero-order valence-corrected chi connectivity index (χ0v) is 21.4. The number of hydrogen-bond acceptors (Lipinski definition) is 8. The molecule has 0 radical (unpaired) electrons. The lowest BCUT2D eigenvalue weighted by Crippen LogP contribution is -2.39. The van der Waals surface area contributed by atoms with Crippen LogP contribution < -0.4 is 19.5 Å². The van der Waals surface area contributed by atoms with Crippen molar-refractivity contribution in [3.8, 4) is 17.2 Å². The Bertz CT molecular complexity index is 1080. The van der Waals surface area contributed by atoms with Gasteiger partial charge in [-0.3, -0.25) is 4.79 Å². The number of Topliss-reactive ketones (excluding diaryl/α,β-unsaturated/α-hetero) is 1. The van der Waals surface area contributed by atoms with Crippen LogP contribution in [0.15, 0.2) is 34.7 Å². The molecule has 1 aromatic carbocycles. The highest BCUT2D eigenvalue weighted by atomic mass is 16.6. The third-order valence-corrected chi connectivity index (χ3v) is 6.93. The smallest absolute Gasteiger partial charge is 0.336 e. The van der Waals surface area contributed by atoms with E-state index in [0.717, 1.165) is 18.5 Å². The fourth-order valence-corrected chi connectivity index (χ4v) is 5.39. The van der Waals surface area contributed by atoms with Crippen molar-refractivity contribution in [2.75, 3.05) is 34.5 Å². The molecule has 8 heteroatoms. The van der Waals surface area contributed by atoms with Crippen molar-refractivity contribution in [3.63, 3.8) is 0 Å². The number of nitrogens with one attached hydrogen (secondary N) is 1. The Morgan fingerprint density at radius 1 is 1.11 bits per heavy atom. The van der Waals surface area contributed by atoms with E-state index in [0.29, 0.717) is 59.1 Å². The molecule has 0 unspecified atom stereocenters. The van der Waals surface area contributed by atoms with Crippen molar-refractivity contribution >= 4 is 11.8 Å². The molecule has 1 aromatic rings. The van der Waals surface area contributed by atoms with Gasteiger partial charge >= 0.3 is 5.97 Å². The first-order valence-corrected chi connectivity index (χ1v) is 12.0. The molecular weight excluding hydrogens is 450 g/mol. The molecule has 1 saturated heterocycles. The minimum atomic E-state index is -0.665. The fourth-order valence-electron chi connectivity index (χ4n) is 5.39. The van der Waals surface area contributed by atoms with Gasteiger partial charge in [-0.1, -0.05) is 19.9 Å². The van der Waals surface area contributed by atoms with Crippen molar-refractivity contribution in [1.29, 1.82) is 0 Å². The molecule has 2 aliphatic heterocycles. The number of dihydropyridines is 1. The van der Waals surface area contributed by atoms with Crippen molar-refractivity contribution in [3.05, 3.63) is 40.2 Å². The average Bonchev–Trinajstić information content (AvgIpc) is 3.33. The first kappa shape index (κ1) is 25.1. The summed E-state index contributed by atoms with van der Waals surface area (Å²) in [6.07, 6.45) is 2.79. The lowest BCUT2D eigenvalue weighted by Gasteiger charge is -2.39. The lowest BCUT2D eigenvalue weighted by atomic mass is 9.68. The molecule has 0 aromatic heterocycles. The third kappa shape index (κ3) is 4.76. The standard InChI is InChI=1S/C27H35NO7/c1-15-21(26(30)35-14-16-8-7-11-34-16)22(23-18(28-15)12-27(2,3)13-19(23)29)17-9-10-20(31-4)25(33-6)24(17)32-5/h9-10,16,22,28H,7-8,11-14H2,1-6H3/t16-,22+/m1/s1. The van der Waals surface area contributed by atoms with E-state index >= 15 is 0 Å². The van der Waals surface area contributed by atoms with Gasteiger partial charge in [0.2, 0.25) is 5.75 Å². The highest BCUT2D eigenvalue weighted by Gasteiger charge is 2.44. The maximum Gasteiger partial charge on any atom is 0.336 e. The summed E-state index contributed by atoms with van der Waals surface area (Å²) in [5.74, 6) is 0.179. The Hall–Kier alpha value is -3.00. The van der Waals surface area contributed by atoms with Crippen LogP contribution in [0, 0.1) is 5.41 Å². The summed E-state index contributed by atoms with van der Waals surface area (Å²) in [6.45, 7) is 6.86. The molecule has 1 aliphatic carbocycles. The van der Waals surface area contributed by atoms with Gasteiger partial charge in [0.25, 0.3) is 0 Å². The highest BCUT2D eigenvalue weighted by molar-refractivity contribution is 6.04. The van der Waals surface area contributed by atoms with Crippen LogP contribution in [-0.4, -0.2) is 52.4 Å². The second kappa shape index (κ2) is 9.93. The van der Waals surface area contributed by atoms with Gasteiger partial charge in [-0.25, -0.2) is 4.79 Å². The molecule has 35 heavy (non-hydrogen) atoms. The number of ether oxygens (including phenoxy) is 5. The Labute approximate surface area is 206 Å². The highest BCUT2D eigenvalue weighted by Crippen LogP contribution is 2.51. The van der Waals surface area contributed by atoms with Crippen LogP contribution in [0.25, 0.3) is 0 Å². The van der Waals surface area contributed by atoms with Gasteiger partial charge in [0, 0.05) is 35.6 Å². The van der Waals surface area contributed by atoms with Crippen LogP contribution in [0.5, 0.6) is 17.2 Å². The van der Waals surface area contributed by atoms with Gasteiger partial charge in [-0.2, -0.15) is 0 Å². The minimum Gasteiger partial charge on any atom is -0.493 e. The minimum absolute atomic E-state index is 0.00233. The monoisotopic (exact) mass is 485 g/mol. The summed E-state index contributed by atoms with van der Waals surface area (Å²) in [5.41, 5.74) is 2.92. The Morgan fingerprint density at radius 2 is 1.86 bits per heavy atom. The number of carbonyl (C=O) groups excluding carboxylic acids is 2. The molecule has 3 aliphatic rings. The number of benzene rings is 1. The summed E-state index contributed by atoms with van der Waals surface area (Å²) in [6, 6.07) is 3.59. The van der Waals surface area contributed by atoms with E-state index in [1.807, 2.05) is 13.0 Å². The number of methoxy groups -OCH3 is 3. The zero-order chi connectivity index (χ0) is 25.3. The van der Waals surface area contributed by atoms with Crippen LogP contribution in [0.1, 0.15) is 57.9 Å². The predicted octanol–water partition coefficient (Wildman–Crippen LogP) is 4.04. The quantitative estimate of drug-likeness (QED) is 0.579. The largest absolute Gasteiger partial charge is 0.493 e. The van der Waals surface area contributed by atoms with Gasteiger partial charge in [0.1, 0.15) is 6.61 Å². The fraction of sp³-hybridized carbons (Fsp3) is 0.556. The molecule has 0 bridgehead atoms. The van der Waals surface area contributed by atoms with Gasteiger partial charge in [0.05, 0.1) is 38.9 Å². The topological polar surface area (TPSA) is 92.3 Å². The van der Waals surface area contributed by atoms with Crippen molar-refractivity contribution in [1.82, 2.24) is 5.32 Å². The van der Waals surface area contributed by atoms with E-state index in [2.05, 4.69) is 19.2 Å². The molecule has 2 atom stereocenters. The number of esters is 1. The van der Waals surface area contributed by atoms with Gasteiger partial charge in [-0.05, 0) is 37.7 Å². The molecule has 2 heterocycles. The number of rotatable bonds is 7. The van der Waals surface area contributed by atoms with E-state index in [4.69, 9.17) is 23.7 Å². The first-order valence-electron chi connectivity index (χ1n) is 12.0. The molecule has 190 valence electrons. The number of allylic oxidation sites excluding steroid dienone is 3. The van der Waals surface area contributed by atoms with E-state index in [-0.39, 0.29) is 23.9 Å². The summed E-state index contributed by atoms with van der Waals surface area (Å²) >= 11 is 0. The number of hydrogen-bond donors (Lipinski definition) is 1. The van der Waals surface area contributed by atoms with Crippen molar-refractivity contribution in [2.24, 2.45) is 5.41 Å². The summed E-state index contributed by atoms with van der Waals surface area (Å²) in [7, 11) is 4.62. The van der Waals surface area contributed by atoms with Crippen LogP contribution in [-0.2, 0) is 19.1 Å². The van der Waals surface area contributed by atoms with E-state index in [1.54, 1.807) is 13.2 Å². The van der Waals surface area contributed by atoms with E-state index in [9.17, 15) is 9.59 Å². The lowest BCUT2D eigenvalue weighted by molar-refractivity contribution is -0.142. The van der Waals surface area contributed by atoms with E-state index in [1.165, 1.54) is 14.2 Å². The Morgan fingerprint density at radius 3 is 2.49 bits per heavy atom. The van der Waals surface area contributed by atoms with Crippen LogP contribution in [0.2, 0.25) is 0 Å². The zero-order valence-electron chi connectivity index (χ0n) is 21.4. The first-order chi connectivity index (χ1) is 16.7. The third-order valence-electron chi connectivity index (χ3n) is 6.93. The summed E-state index contributed by atoms with van der Waals surface area (Å²) in [5, 5.41) is 3.36. The van der Waals surface area contributed by atoms with Crippen molar-refractivity contribution in [2.45, 2.75) is 58.5 Å². The summed E-state index contributed by atoms with van der Waals surface area (Å²) in [4.78, 5) is 27.1. The van der Waals surface area contributed by atoms with Crippen LogP contribution >= 0.6 is 0 Å². The summed E-state index contributed by atoms with van der Waals surface area (Å²) < 4.78 is 28.2. The molecule has 8 nitrogen and oxygen atoms in total. The van der Waals surface area contributed by atoms with Gasteiger partial charge in [0.15, 0.2) is 17.3 Å². The molecule has 1 N–H and O–H groups in total. The number of ketones is 1. The molecule has 0 spiro atoms. The molecule has 0 saturated carbocycles.